The fourth-order valence-electron chi connectivity index (χ4n) is 1.54. The Balaban J connectivity index is 1.97. The minimum absolute atomic E-state index is 0.193. The Labute approximate surface area is 99.0 Å². The average molecular weight is 249 g/mol. The first-order valence-electron chi connectivity index (χ1n) is 5.73. The largest absolute Gasteiger partial charge is 0.389 e. The van der Waals surface area contributed by atoms with Crippen molar-refractivity contribution in [3.8, 4) is 0 Å². The zero-order chi connectivity index (χ0) is 12.7. The van der Waals surface area contributed by atoms with Crippen molar-refractivity contribution in [2.75, 3.05) is 13.1 Å². The molecule has 3 nitrogen and oxygen atoms in total. The van der Waals surface area contributed by atoms with E-state index in [1.54, 1.807) is 6.20 Å². The number of nitrogens with one attached hydrogen (secondary N) is 1. The highest BCUT2D eigenvalue weighted by molar-refractivity contribution is 4.91. The maximum atomic E-state index is 11.8. The minimum atomic E-state index is -4.02. The van der Waals surface area contributed by atoms with Crippen molar-refractivity contribution in [2.45, 2.75) is 31.9 Å². The lowest BCUT2D eigenvalue weighted by Crippen LogP contribution is -2.20. The summed E-state index contributed by atoms with van der Waals surface area (Å²) in [5, 5.41) is 3.12. The first-order valence-corrected chi connectivity index (χ1v) is 5.73. The van der Waals surface area contributed by atoms with Gasteiger partial charge in [0.25, 0.3) is 0 Å². The van der Waals surface area contributed by atoms with Gasteiger partial charge in [0.05, 0.1) is 0 Å². The highest BCUT2D eigenvalue weighted by atomic mass is 19.4. The Hall–Kier alpha value is -1.04. The van der Waals surface area contributed by atoms with Crippen LogP contribution in [0.2, 0.25) is 0 Å². The average Bonchev–Trinajstić information content (AvgIpc) is 2.61. The second-order valence-corrected chi connectivity index (χ2v) is 4.03. The van der Waals surface area contributed by atoms with E-state index in [-0.39, 0.29) is 6.42 Å². The van der Waals surface area contributed by atoms with Crippen LogP contribution in [0, 0.1) is 0 Å². The molecule has 0 aromatic carbocycles. The summed E-state index contributed by atoms with van der Waals surface area (Å²) in [6, 6.07) is 0. The molecule has 0 amide bonds. The molecule has 0 aliphatic rings. The number of aryl methyl sites for hydroxylation is 1. The Morgan fingerprint density at radius 2 is 2.06 bits per heavy atom. The molecule has 0 saturated heterocycles. The molecule has 17 heavy (non-hydrogen) atoms. The van der Waals surface area contributed by atoms with Crippen LogP contribution in [0.3, 0.4) is 0 Å². The molecule has 0 atom stereocenters. The highest BCUT2D eigenvalue weighted by Crippen LogP contribution is 2.21. The van der Waals surface area contributed by atoms with E-state index in [9.17, 15) is 13.2 Å². The minimum Gasteiger partial charge on any atom is -0.338 e. The van der Waals surface area contributed by atoms with Gasteiger partial charge in [0.2, 0.25) is 0 Å². The highest BCUT2D eigenvalue weighted by Gasteiger charge is 2.25. The molecular formula is C11H18F3N3. The molecule has 1 heterocycles. The van der Waals surface area contributed by atoms with E-state index in [1.165, 1.54) is 0 Å². The summed E-state index contributed by atoms with van der Waals surface area (Å²) in [7, 11) is 1.92. The Kier molecular flexibility index (Phi) is 5.47. The molecular weight excluding hydrogens is 231 g/mol. The summed E-state index contributed by atoms with van der Waals surface area (Å²) >= 11 is 0. The summed E-state index contributed by atoms with van der Waals surface area (Å²) in [4.78, 5) is 4.16. The zero-order valence-corrected chi connectivity index (χ0v) is 9.93. The molecule has 0 bridgehead atoms. The lowest BCUT2D eigenvalue weighted by atomic mass is 10.2. The van der Waals surface area contributed by atoms with Gasteiger partial charge in [-0.15, -0.1) is 0 Å². The molecule has 0 unspecified atom stereocenters. The van der Waals surface area contributed by atoms with Gasteiger partial charge in [-0.3, -0.25) is 0 Å². The van der Waals surface area contributed by atoms with Crippen LogP contribution in [0.1, 0.15) is 25.1 Å². The first-order chi connectivity index (χ1) is 7.99. The van der Waals surface area contributed by atoms with Crippen molar-refractivity contribution in [1.82, 2.24) is 14.9 Å². The van der Waals surface area contributed by atoms with Crippen LogP contribution in [-0.4, -0.2) is 28.8 Å². The molecule has 0 radical (unpaired) electrons. The van der Waals surface area contributed by atoms with Gasteiger partial charge >= 0.3 is 6.18 Å². The van der Waals surface area contributed by atoms with Crippen molar-refractivity contribution < 1.29 is 13.2 Å². The maximum Gasteiger partial charge on any atom is 0.389 e. The number of nitrogens with zero attached hydrogens (tertiary/aromatic N) is 2. The second-order valence-electron chi connectivity index (χ2n) is 4.03. The fourth-order valence-corrected chi connectivity index (χ4v) is 1.54. The second kappa shape index (κ2) is 6.64. The SMILES string of the molecule is Cn1ccnc1CCNCCCCC(F)(F)F. The molecule has 1 aromatic rings. The van der Waals surface area contributed by atoms with E-state index >= 15 is 0 Å². The van der Waals surface area contributed by atoms with E-state index in [0.717, 1.165) is 18.8 Å². The van der Waals surface area contributed by atoms with Gasteiger partial charge in [-0.05, 0) is 19.4 Å². The number of imidazole rings is 1. The number of halogens is 3. The normalized spacial score (nSPS) is 12.0. The van der Waals surface area contributed by atoms with Crippen LogP contribution < -0.4 is 5.32 Å². The first kappa shape index (κ1) is 14.0. The summed E-state index contributed by atoms with van der Waals surface area (Å²) in [6.07, 6.45) is 0.445. The van der Waals surface area contributed by atoms with Crippen molar-refractivity contribution >= 4 is 0 Å². The van der Waals surface area contributed by atoms with Gasteiger partial charge in [0, 0.05) is 38.8 Å². The van der Waals surface area contributed by atoms with E-state index in [1.807, 2.05) is 17.8 Å². The van der Waals surface area contributed by atoms with Crippen molar-refractivity contribution in [1.29, 1.82) is 0 Å². The molecule has 6 heteroatoms. The number of unbranched alkanes of at least 4 members (excludes halogenated alkanes) is 1. The number of hydrogen-bond donors (Lipinski definition) is 1. The molecule has 0 aliphatic carbocycles. The van der Waals surface area contributed by atoms with Crippen LogP contribution >= 0.6 is 0 Å². The number of aromatic nitrogens is 2. The number of alkyl halides is 3. The van der Waals surface area contributed by atoms with E-state index in [0.29, 0.717) is 13.0 Å². The number of rotatable bonds is 7. The standard InChI is InChI=1S/C11H18F3N3/c1-17-9-8-16-10(17)4-7-15-6-3-2-5-11(12,13)14/h8-9,15H,2-7H2,1H3. The van der Waals surface area contributed by atoms with Gasteiger partial charge in [-0.25, -0.2) is 4.98 Å². The van der Waals surface area contributed by atoms with Gasteiger partial charge in [-0.2, -0.15) is 13.2 Å². The van der Waals surface area contributed by atoms with E-state index in [4.69, 9.17) is 0 Å². The quantitative estimate of drug-likeness (QED) is 0.751. The van der Waals surface area contributed by atoms with E-state index in [2.05, 4.69) is 10.3 Å². The third-order valence-electron chi connectivity index (χ3n) is 2.51. The van der Waals surface area contributed by atoms with Crippen LogP contribution in [0.4, 0.5) is 13.2 Å². The van der Waals surface area contributed by atoms with Crippen LogP contribution in [-0.2, 0) is 13.5 Å². The van der Waals surface area contributed by atoms with Crippen molar-refractivity contribution in [2.24, 2.45) is 7.05 Å². The summed E-state index contributed by atoms with van der Waals surface area (Å²) < 4.78 is 37.4. The predicted octanol–water partition coefficient (Wildman–Crippen LogP) is 2.28. The van der Waals surface area contributed by atoms with E-state index < -0.39 is 12.6 Å². The maximum absolute atomic E-state index is 11.8. The lowest BCUT2D eigenvalue weighted by molar-refractivity contribution is -0.135. The van der Waals surface area contributed by atoms with Crippen LogP contribution in [0.25, 0.3) is 0 Å². The molecule has 0 fully saturated rings. The molecule has 1 rings (SSSR count). The molecule has 0 aliphatic heterocycles. The summed E-state index contributed by atoms with van der Waals surface area (Å²) in [6.45, 7) is 1.37. The van der Waals surface area contributed by atoms with Gasteiger partial charge in [0.1, 0.15) is 5.82 Å². The van der Waals surface area contributed by atoms with Gasteiger partial charge < -0.3 is 9.88 Å². The third-order valence-corrected chi connectivity index (χ3v) is 2.51. The van der Waals surface area contributed by atoms with Crippen molar-refractivity contribution in [3.63, 3.8) is 0 Å². The molecule has 0 saturated carbocycles. The Morgan fingerprint density at radius 3 is 2.65 bits per heavy atom. The predicted molar refractivity (Wildman–Crippen MR) is 59.7 cm³/mol. The Bertz CT molecular complexity index is 320. The molecule has 0 spiro atoms. The molecule has 1 aromatic heterocycles. The number of hydrogen-bond acceptors (Lipinski definition) is 2. The van der Waals surface area contributed by atoms with Crippen molar-refractivity contribution in [3.05, 3.63) is 18.2 Å². The Morgan fingerprint density at radius 1 is 1.29 bits per heavy atom. The molecule has 98 valence electrons. The van der Waals surface area contributed by atoms with Gasteiger partial charge in [-0.1, -0.05) is 0 Å². The zero-order valence-electron chi connectivity index (χ0n) is 9.93. The van der Waals surface area contributed by atoms with Gasteiger partial charge in [0.15, 0.2) is 0 Å². The summed E-state index contributed by atoms with van der Waals surface area (Å²) in [5.41, 5.74) is 0. The van der Waals surface area contributed by atoms with Crippen LogP contribution in [0.5, 0.6) is 0 Å². The fraction of sp³-hybridized carbons (Fsp3) is 0.727. The lowest BCUT2D eigenvalue weighted by Gasteiger charge is -2.07. The molecule has 1 N–H and O–H groups in total. The topological polar surface area (TPSA) is 29.9 Å². The summed E-state index contributed by atoms with van der Waals surface area (Å²) in [5.74, 6) is 0.979. The third kappa shape index (κ3) is 6.31. The monoisotopic (exact) mass is 249 g/mol. The van der Waals surface area contributed by atoms with Crippen LogP contribution in [0.15, 0.2) is 12.4 Å². The smallest absolute Gasteiger partial charge is 0.338 e.